The van der Waals surface area contributed by atoms with Crippen molar-refractivity contribution in [2.75, 3.05) is 20.3 Å². The average Bonchev–Trinajstić information content (AvgIpc) is 2.76. The lowest BCUT2D eigenvalue weighted by Gasteiger charge is -2.34. The number of hydrogen-bond donors (Lipinski definition) is 1. The van der Waals surface area contributed by atoms with Crippen LogP contribution in [-0.4, -0.2) is 35.8 Å². The Morgan fingerprint density at radius 2 is 2.18 bits per heavy atom. The highest BCUT2D eigenvalue weighted by molar-refractivity contribution is 5.39. The number of nitrogens with zero attached hydrogens (tertiary/aromatic N) is 1. The van der Waals surface area contributed by atoms with Crippen LogP contribution in [0.5, 0.6) is 5.75 Å². The van der Waals surface area contributed by atoms with Gasteiger partial charge in [-0.25, -0.2) is 0 Å². The van der Waals surface area contributed by atoms with Crippen LogP contribution in [0.25, 0.3) is 0 Å². The van der Waals surface area contributed by atoms with Crippen molar-refractivity contribution in [1.29, 1.82) is 0 Å². The molecule has 0 radical (unpaired) electrons. The summed E-state index contributed by atoms with van der Waals surface area (Å²) in [6, 6.07) is 6.37. The van der Waals surface area contributed by atoms with Gasteiger partial charge in [0.1, 0.15) is 5.75 Å². The molecule has 0 aliphatic carbocycles. The van der Waals surface area contributed by atoms with Gasteiger partial charge in [0.2, 0.25) is 0 Å². The van der Waals surface area contributed by atoms with Crippen LogP contribution in [0.3, 0.4) is 0 Å². The van der Waals surface area contributed by atoms with E-state index < -0.39 is 0 Å². The van der Waals surface area contributed by atoms with Crippen molar-refractivity contribution < 1.29 is 9.84 Å². The van der Waals surface area contributed by atoms with Crippen molar-refractivity contribution in [3.05, 3.63) is 29.3 Å². The SMILES string of the molecule is CN(Cc1ccc2c(c1)CCO2)C(C)(C)CO. The van der Waals surface area contributed by atoms with Crippen molar-refractivity contribution in [2.45, 2.75) is 32.4 Å². The lowest BCUT2D eigenvalue weighted by Crippen LogP contribution is -2.43. The first-order valence-corrected chi connectivity index (χ1v) is 6.09. The molecule has 0 fully saturated rings. The van der Waals surface area contributed by atoms with Crippen LogP contribution in [0.4, 0.5) is 0 Å². The Morgan fingerprint density at radius 1 is 1.41 bits per heavy atom. The number of aliphatic hydroxyl groups excluding tert-OH is 1. The molecule has 1 heterocycles. The second-order valence-electron chi connectivity index (χ2n) is 5.37. The molecule has 0 aromatic heterocycles. The summed E-state index contributed by atoms with van der Waals surface area (Å²) in [6.45, 7) is 5.90. The lowest BCUT2D eigenvalue weighted by molar-refractivity contribution is 0.0734. The van der Waals surface area contributed by atoms with E-state index >= 15 is 0 Å². The minimum Gasteiger partial charge on any atom is -0.493 e. The Kier molecular flexibility index (Phi) is 3.40. The number of rotatable bonds is 4. The summed E-state index contributed by atoms with van der Waals surface area (Å²) < 4.78 is 5.49. The fourth-order valence-electron chi connectivity index (χ4n) is 1.95. The molecule has 0 saturated carbocycles. The van der Waals surface area contributed by atoms with Crippen molar-refractivity contribution in [3.63, 3.8) is 0 Å². The number of hydrogen-bond acceptors (Lipinski definition) is 3. The number of likely N-dealkylation sites (N-methyl/N-ethyl adjacent to an activating group) is 1. The molecule has 2 rings (SSSR count). The van der Waals surface area contributed by atoms with Gasteiger partial charge in [-0.2, -0.15) is 0 Å². The lowest BCUT2D eigenvalue weighted by atomic mass is 10.0. The number of fused-ring (bicyclic) bond motifs is 1. The second-order valence-corrected chi connectivity index (χ2v) is 5.37. The quantitative estimate of drug-likeness (QED) is 0.864. The molecule has 0 saturated heterocycles. The Balaban J connectivity index is 2.09. The van der Waals surface area contributed by atoms with Crippen LogP contribution in [0.2, 0.25) is 0 Å². The van der Waals surface area contributed by atoms with Gasteiger partial charge < -0.3 is 9.84 Å². The third-order valence-electron chi connectivity index (χ3n) is 3.59. The molecule has 1 N–H and O–H groups in total. The van der Waals surface area contributed by atoms with E-state index in [1.165, 1.54) is 11.1 Å². The molecule has 0 spiro atoms. The molecule has 1 aliphatic heterocycles. The van der Waals surface area contributed by atoms with Gasteiger partial charge >= 0.3 is 0 Å². The van der Waals surface area contributed by atoms with Gasteiger partial charge in [-0.15, -0.1) is 0 Å². The second kappa shape index (κ2) is 4.67. The van der Waals surface area contributed by atoms with Gasteiger partial charge in [0.15, 0.2) is 0 Å². The highest BCUT2D eigenvalue weighted by atomic mass is 16.5. The summed E-state index contributed by atoms with van der Waals surface area (Å²) in [6.07, 6.45) is 1.01. The highest BCUT2D eigenvalue weighted by Crippen LogP contribution is 2.27. The van der Waals surface area contributed by atoms with E-state index in [-0.39, 0.29) is 12.1 Å². The van der Waals surface area contributed by atoms with Gasteiger partial charge in [-0.1, -0.05) is 12.1 Å². The normalized spacial score (nSPS) is 14.9. The van der Waals surface area contributed by atoms with Crippen molar-refractivity contribution in [2.24, 2.45) is 0 Å². The van der Waals surface area contributed by atoms with E-state index in [2.05, 4.69) is 23.1 Å². The Hall–Kier alpha value is -1.06. The zero-order valence-corrected chi connectivity index (χ0v) is 10.9. The molecule has 1 aromatic rings. The maximum atomic E-state index is 9.34. The maximum absolute atomic E-state index is 9.34. The Labute approximate surface area is 103 Å². The zero-order chi connectivity index (χ0) is 12.5. The van der Waals surface area contributed by atoms with E-state index in [1.807, 2.05) is 20.9 Å². The monoisotopic (exact) mass is 235 g/mol. The summed E-state index contributed by atoms with van der Waals surface area (Å²) in [7, 11) is 2.04. The first-order valence-electron chi connectivity index (χ1n) is 6.09. The Bertz CT molecular complexity index is 401. The summed E-state index contributed by atoms with van der Waals surface area (Å²) in [5.74, 6) is 1.03. The van der Waals surface area contributed by atoms with E-state index in [4.69, 9.17) is 4.74 Å². The topological polar surface area (TPSA) is 32.7 Å². The third-order valence-corrected chi connectivity index (χ3v) is 3.59. The summed E-state index contributed by atoms with van der Waals surface area (Å²) in [4.78, 5) is 2.17. The number of aliphatic hydroxyl groups is 1. The minimum atomic E-state index is -0.185. The van der Waals surface area contributed by atoms with Crippen LogP contribution in [-0.2, 0) is 13.0 Å². The van der Waals surface area contributed by atoms with Gasteiger partial charge in [0.25, 0.3) is 0 Å². The fraction of sp³-hybridized carbons (Fsp3) is 0.571. The summed E-state index contributed by atoms with van der Waals surface area (Å²) in [5.41, 5.74) is 2.39. The molecule has 1 aliphatic rings. The predicted molar refractivity (Wildman–Crippen MR) is 68.3 cm³/mol. The molecule has 94 valence electrons. The van der Waals surface area contributed by atoms with Crippen LogP contribution < -0.4 is 4.74 Å². The molecule has 0 amide bonds. The predicted octanol–water partition coefficient (Wildman–Crippen LogP) is 1.82. The van der Waals surface area contributed by atoms with E-state index in [9.17, 15) is 5.11 Å². The molecular weight excluding hydrogens is 214 g/mol. The molecule has 3 heteroatoms. The molecule has 0 bridgehead atoms. The highest BCUT2D eigenvalue weighted by Gasteiger charge is 2.22. The standard InChI is InChI=1S/C14H21NO2/c1-14(2,10-16)15(3)9-11-4-5-13-12(8-11)6-7-17-13/h4-5,8,16H,6-7,9-10H2,1-3H3. The van der Waals surface area contributed by atoms with E-state index in [0.717, 1.165) is 25.3 Å². The molecule has 3 nitrogen and oxygen atoms in total. The van der Waals surface area contributed by atoms with Gasteiger partial charge in [0, 0.05) is 18.5 Å². The molecule has 0 unspecified atom stereocenters. The molecule has 17 heavy (non-hydrogen) atoms. The van der Waals surface area contributed by atoms with Crippen molar-refractivity contribution in [1.82, 2.24) is 4.90 Å². The number of benzene rings is 1. The van der Waals surface area contributed by atoms with Crippen LogP contribution in [0.15, 0.2) is 18.2 Å². The maximum Gasteiger partial charge on any atom is 0.122 e. The van der Waals surface area contributed by atoms with Crippen LogP contribution in [0, 0.1) is 0 Å². The first kappa shape index (κ1) is 12.4. The summed E-state index contributed by atoms with van der Waals surface area (Å²) >= 11 is 0. The largest absolute Gasteiger partial charge is 0.493 e. The van der Waals surface area contributed by atoms with Crippen LogP contribution >= 0.6 is 0 Å². The molecular formula is C14H21NO2. The molecule has 1 aromatic carbocycles. The minimum absolute atomic E-state index is 0.164. The zero-order valence-electron chi connectivity index (χ0n) is 10.9. The fourth-order valence-corrected chi connectivity index (χ4v) is 1.95. The van der Waals surface area contributed by atoms with Gasteiger partial charge in [-0.3, -0.25) is 4.90 Å². The first-order chi connectivity index (χ1) is 8.03. The number of ether oxygens (including phenoxy) is 1. The van der Waals surface area contributed by atoms with Gasteiger partial charge in [-0.05, 0) is 38.1 Å². The summed E-state index contributed by atoms with van der Waals surface area (Å²) in [5, 5.41) is 9.34. The molecule has 0 atom stereocenters. The van der Waals surface area contributed by atoms with E-state index in [1.54, 1.807) is 0 Å². The van der Waals surface area contributed by atoms with Gasteiger partial charge in [0.05, 0.1) is 13.2 Å². The van der Waals surface area contributed by atoms with Crippen molar-refractivity contribution >= 4 is 0 Å². The van der Waals surface area contributed by atoms with Crippen LogP contribution in [0.1, 0.15) is 25.0 Å². The van der Waals surface area contributed by atoms with E-state index in [0.29, 0.717) is 0 Å². The smallest absolute Gasteiger partial charge is 0.122 e. The average molecular weight is 235 g/mol. The third kappa shape index (κ3) is 2.61. The Morgan fingerprint density at radius 3 is 2.88 bits per heavy atom. The van der Waals surface area contributed by atoms with Crippen molar-refractivity contribution in [3.8, 4) is 5.75 Å².